The molecule has 0 spiro atoms. The normalized spacial score (nSPS) is 16.9. The van der Waals surface area contributed by atoms with E-state index >= 15 is 0 Å². The summed E-state index contributed by atoms with van der Waals surface area (Å²) in [5.41, 5.74) is 1.32. The number of thiophene rings is 1. The number of carbonyl (C=O) groups is 1. The summed E-state index contributed by atoms with van der Waals surface area (Å²) >= 11 is 1.74. The average Bonchev–Trinajstić information content (AvgIpc) is 3.21. The molecule has 6 heteroatoms. The van der Waals surface area contributed by atoms with Gasteiger partial charge in [-0.2, -0.15) is 0 Å². The van der Waals surface area contributed by atoms with Gasteiger partial charge in [-0.15, -0.1) is 11.3 Å². The predicted octanol–water partition coefficient (Wildman–Crippen LogP) is 4.22. The summed E-state index contributed by atoms with van der Waals surface area (Å²) in [6, 6.07) is 12.6. The summed E-state index contributed by atoms with van der Waals surface area (Å²) in [6.45, 7) is 4.57. The van der Waals surface area contributed by atoms with E-state index in [4.69, 9.17) is 0 Å². The highest BCUT2D eigenvalue weighted by Gasteiger charge is 2.27. The fourth-order valence-corrected chi connectivity index (χ4v) is 4.93. The Labute approximate surface area is 176 Å². The van der Waals surface area contributed by atoms with Gasteiger partial charge >= 0.3 is 0 Å². The first-order valence-corrected chi connectivity index (χ1v) is 11.4. The highest BCUT2D eigenvalue weighted by Crippen LogP contribution is 2.32. The minimum Gasteiger partial charge on any atom is -0.356 e. The molecule has 0 unspecified atom stereocenters. The van der Waals surface area contributed by atoms with Crippen molar-refractivity contribution in [2.24, 2.45) is 5.92 Å². The van der Waals surface area contributed by atoms with Gasteiger partial charge in [-0.1, -0.05) is 37.3 Å². The maximum Gasteiger partial charge on any atom is 0.224 e. The molecule has 152 valence electrons. The van der Waals surface area contributed by atoms with Crippen molar-refractivity contribution < 1.29 is 4.79 Å². The molecule has 29 heavy (non-hydrogen) atoms. The zero-order valence-electron chi connectivity index (χ0n) is 16.9. The lowest BCUT2D eigenvalue weighted by Crippen LogP contribution is -2.43. The summed E-state index contributed by atoms with van der Waals surface area (Å²) in [5, 5.41) is 4.27. The number of nitrogens with one attached hydrogen (secondary N) is 1. The molecule has 2 aromatic heterocycles. The van der Waals surface area contributed by atoms with Crippen molar-refractivity contribution in [2.45, 2.75) is 39.0 Å². The zero-order valence-corrected chi connectivity index (χ0v) is 17.8. The van der Waals surface area contributed by atoms with E-state index in [9.17, 15) is 4.79 Å². The maximum absolute atomic E-state index is 12.7. The van der Waals surface area contributed by atoms with Crippen LogP contribution in [0, 0.1) is 5.92 Å². The molecule has 1 saturated heterocycles. The lowest BCUT2D eigenvalue weighted by molar-refractivity contribution is -0.125. The van der Waals surface area contributed by atoms with Gasteiger partial charge in [0.25, 0.3) is 0 Å². The van der Waals surface area contributed by atoms with E-state index in [-0.39, 0.29) is 11.8 Å². The Morgan fingerprint density at radius 3 is 2.97 bits per heavy atom. The molecule has 3 heterocycles. The van der Waals surface area contributed by atoms with Crippen LogP contribution in [0.1, 0.15) is 36.6 Å². The number of aromatic nitrogens is 2. The summed E-state index contributed by atoms with van der Waals surface area (Å²) < 4.78 is 0. The molecular formula is C23H28N4OS. The summed E-state index contributed by atoms with van der Waals surface area (Å²) in [4.78, 5) is 26.4. The number of anilines is 1. The molecule has 1 aliphatic heterocycles. The van der Waals surface area contributed by atoms with Crippen molar-refractivity contribution in [3.8, 4) is 0 Å². The van der Waals surface area contributed by atoms with Gasteiger partial charge in [-0.05, 0) is 43.7 Å². The Morgan fingerprint density at radius 1 is 1.28 bits per heavy atom. The van der Waals surface area contributed by atoms with Crippen LogP contribution in [0.15, 0.2) is 42.7 Å². The van der Waals surface area contributed by atoms with E-state index < -0.39 is 0 Å². The van der Waals surface area contributed by atoms with E-state index in [0.29, 0.717) is 0 Å². The third kappa shape index (κ3) is 4.75. The number of piperidine rings is 1. The van der Waals surface area contributed by atoms with Gasteiger partial charge < -0.3 is 10.2 Å². The van der Waals surface area contributed by atoms with Crippen molar-refractivity contribution in [3.63, 3.8) is 0 Å². The van der Waals surface area contributed by atoms with Crippen LogP contribution in [0.5, 0.6) is 0 Å². The topological polar surface area (TPSA) is 58.1 Å². The van der Waals surface area contributed by atoms with Gasteiger partial charge in [0.2, 0.25) is 5.91 Å². The van der Waals surface area contributed by atoms with E-state index in [1.54, 1.807) is 17.7 Å². The maximum atomic E-state index is 12.7. The highest BCUT2D eigenvalue weighted by atomic mass is 32.1. The number of hydrogen-bond acceptors (Lipinski definition) is 5. The van der Waals surface area contributed by atoms with Crippen LogP contribution in [0.3, 0.4) is 0 Å². The number of aryl methyl sites for hydroxylation is 2. The minimum atomic E-state index is 0.0229. The largest absolute Gasteiger partial charge is 0.356 e. The average molecular weight is 409 g/mol. The molecule has 0 radical (unpaired) electrons. The van der Waals surface area contributed by atoms with Crippen LogP contribution < -0.4 is 10.2 Å². The van der Waals surface area contributed by atoms with Crippen molar-refractivity contribution in [3.05, 3.63) is 53.2 Å². The molecule has 0 bridgehead atoms. The molecule has 4 rings (SSSR count). The Balaban J connectivity index is 1.34. The molecule has 1 atom stereocenters. The quantitative estimate of drug-likeness (QED) is 0.595. The fourth-order valence-electron chi connectivity index (χ4n) is 4.00. The van der Waals surface area contributed by atoms with E-state index in [2.05, 4.69) is 57.4 Å². The second-order valence-electron chi connectivity index (χ2n) is 7.65. The second-order valence-corrected chi connectivity index (χ2v) is 8.76. The van der Waals surface area contributed by atoms with Gasteiger partial charge in [0.15, 0.2) is 0 Å². The van der Waals surface area contributed by atoms with Crippen LogP contribution in [0.2, 0.25) is 0 Å². The Hall–Kier alpha value is -2.47. The number of rotatable bonds is 7. The van der Waals surface area contributed by atoms with Crippen molar-refractivity contribution in [1.82, 2.24) is 15.3 Å². The molecular weight excluding hydrogens is 380 g/mol. The Bertz CT molecular complexity index is 956. The molecule has 1 fully saturated rings. The van der Waals surface area contributed by atoms with Gasteiger partial charge in [0.05, 0.1) is 11.3 Å². The number of amides is 1. The fraction of sp³-hybridized carbons (Fsp3) is 0.435. The molecule has 3 aromatic rings. The van der Waals surface area contributed by atoms with Crippen molar-refractivity contribution in [1.29, 1.82) is 0 Å². The zero-order chi connectivity index (χ0) is 20.1. The number of carbonyl (C=O) groups excluding carboxylic acids is 1. The van der Waals surface area contributed by atoms with E-state index in [1.165, 1.54) is 10.4 Å². The smallest absolute Gasteiger partial charge is 0.224 e. The first kappa shape index (κ1) is 19.8. The van der Waals surface area contributed by atoms with Crippen LogP contribution in [-0.4, -0.2) is 35.5 Å². The number of benzene rings is 1. The SMILES string of the molecule is CCc1cc2c(N3CCC[C@@H](C(=O)NCCCc4ccccc4)C3)ncnc2s1. The lowest BCUT2D eigenvalue weighted by atomic mass is 9.97. The monoisotopic (exact) mass is 408 g/mol. The molecule has 0 saturated carbocycles. The summed E-state index contributed by atoms with van der Waals surface area (Å²) in [5.74, 6) is 1.18. The molecule has 1 N–H and O–H groups in total. The van der Waals surface area contributed by atoms with E-state index in [0.717, 1.165) is 67.8 Å². The van der Waals surface area contributed by atoms with Gasteiger partial charge in [-0.25, -0.2) is 9.97 Å². The highest BCUT2D eigenvalue weighted by molar-refractivity contribution is 7.18. The van der Waals surface area contributed by atoms with Crippen LogP contribution in [-0.2, 0) is 17.6 Å². The number of fused-ring (bicyclic) bond motifs is 1. The second kappa shape index (κ2) is 9.35. The van der Waals surface area contributed by atoms with Gasteiger partial charge in [0.1, 0.15) is 17.0 Å². The van der Waals surface area contributed by atoms with Crippen LogP contribution in [0.25, 0.3) is 10.2 Å². The standard InChI is InChI=1S/C23H28N4OS/c1-2-19-14-20-21(25-16-26-23(20)29-19)27-13-7-11-18(15-27)22(28)24-12-6-10-17-8-4-3-5-9-17/h3-5,8-9,14,16,18H,2,6-7,10-13,15H2,1H3,(H,24,28)/t18-/m1/s1. The third-order valence-electron chi connectivity index (χ3n) is 5.58. The van der Waals surface area contributed by atoms with Gasteiger partial charge in [-0.3, -0.25) is 4.79 Å². The van der Waals surface area contributed by atoms with E-state index in [1.807, 2.05) is 6.07 Å². The predicted molar refractivity (Wildman–Crippen MR) is 120 cm³/mol. The summed E-state index contributed by atoms with van der Waals surface area (Å²) in [6.07, 6.45) is 6.58. The molecule has 1 aromatic carbocycles. The number of hydrogen-bond donors (Lipinski definition) is 1. The van der Waals surface area contributed by atoms with Crippen LogP contribution in [0.4, 0.5) is 5.82 Å². The first-order chi connectivity index (χ1) is 14.2. The summed E-state index contributed by atoms with van der Waals surface area (Å²) in [7, 11) is 0. The van der Waals surface area contributed by atoms with Crippen molar-refractivity contribution in [2.75, 3.05) is 24.5 Å². The number of nitrogens with zero attached hydrogens (tertiary/aromatic N) is 3. The molecule has 5 nitrogen and oxygen atoms in total. The van der Waals surface area contributed by atoms with Crippen molar-refractivity contribution >= 4 is 33.3 Å². The van der Waals surface area contributed by atoms with Crippen LogP contribution >= 0.6 is 11.3 Å². The molecule has 1 aliphatic rings. The third-order valence-corrected chi connectivity index (χ3v) is 6.77. The Morgan fingerprint density at radius 2 is 2.14 bits per heavy atom. The molecule has 0 aliphatic carbocycles. The first-order valence-electron chi connectivity index (χ1n) is 10.5. The minimum absolute atomic E-state index is 0.0229. The lowest BCUT2D eigenvalue weighted by Gasteiger charge is -2.33. The molecule has 1 amide bonds. The Kier molecular flexibility index (Phi) is 6.39. The van der Waals surface area contributed by atoms with Gasteiger partial charge in [0, 0.05) is 24.5 Å².